The Bertz CT molecular complexity index is 605. The second-order valence-corrected chi connectivity index (χ2v) is 6.68. The zero-order valence-corrected chi connectivity index (χ0v) is 13.7. The van der Waals surface area contributed by atoms with Crippen molar-refractivity contribution in [2.75, 3.05) is 13.2 Å². The van der Waals surface area contributed by atoms with Crippen LogP contribution in [-0.4, -0.2) is 37.1 Å². The van der Waals surface area contributed by atoms with Gasteiger partial charge in [-0.25, -0.2) is 9.98 Å². The molecule has 0 saturated carbocycles. The van der Waals surface area contributed by atoms with E-state index >= 15 is 0 Å². The standard InChI is InChI=1S/C18H24N2O2/c1-11(2)15-10-21-18(20-15)14-7-5-6-13(8-14)17-19-9-16(22-17)12(3)4/h5-8,11-12,15-16H,9-10H2,1-4H3/t15-,16+/m0/s1. The van der Waals surface area contributed by atoms with Gasteiger partial charge in [0.1, 0.15) is 12.7 Å². The quantitative estimate of drug-likeness (QED) is 0.856. The number of aliphatic imine (C=N–C) groups is 2. The average molecular weight is 300 g/mol. The summed E-state index contributed by atoms with van der Waals surface area (Å²) in [4.78, 5) is 9.22. The Morgan fingerprint density at radius 2 is 1.77 bits per heavy atom. The van der Waals surface area contributed by atoms with Crippen LogP contribution in [0.25, 0.3) is 0 Å². The van der Waals surface area contributed by atoms with Crippen molar-refractivity contribution in [3.8, 4) is 0 Å². The molecule has 0 aromatic heterocycles. The topological polar surface area (TPSA) is 43.2 Å². The van der Waals surface area contributed by atoms with Crippen molar-refractivity contribution in [3.05, 3.63) is 35.4 Å². The van der Waals surface area contributed by atoms with E-state index in [2.05, 4.69) is 43.7 Å². The van der Waals surface area contributed by atoms with Gasteiger partial charge in [-0.3, -0.25) is 0 Å². The Balaban J connectivity index is 1.78. The molecule has 2 aliphatic rings. The van der Waals surface area contributed by atoms with E-state index in [0.717, 1.165) is 29.5 Å². The first kappa shape index (κ1) is 15.1. The minimum Gasteiger partial charge on any atom is -0.475 e. The summed E-state index contributed by atoms with van der Waals surface area (Å²) in [7, 11) is 0. The predicted octanol–water partition coefficient (Wildman–Crippen LogP) is 3.29. The molecule has 0 saturated heterocycles. The summed E-state index contributed by atoms with van der Waals surface area (Å²) >= 11 is 0. The van der Waals surface area contributed by atoms with Gasteiger partial charge in [-0.15, -0.1) is 0 Å². The van der Waals surface area contributed by atoms with E-state index in [0.29, 0.717) is 18.4 Å². The maximum Gasteiger partial charge on any atom is 0.216 e. The van der Waals surface area contributed by atoms with E-state index in [-0.39, 0.29) is 12.1 Å². The van der Waals surface area contributed by atoms with E-state index in [1.54, 1.807) is 0 Å². The smallest absolute Gasteiger partial charge is 0.216 e. The van der Waals surface area contributed by atoms with Gasteiger partial charge in [0.2, 0.25) is 11.8 Å². The molecule has 1 aromatic carbocycles. The number of hydrogen-bond donors (Lipinski definition) is 0. The fourth-order valence-corrected chi connectivity index (χ4v) is 2.57. The summed E-state index contributed by atoms with van der Waals surface area (Å²) in [5.41, 5.74) is 2.00. The molecule has 2 aliphatic heterocycles. The highest BCUT2D eigenvalue weighted by Gasteiger charge is 2.26. The molecule has 2 atom stereocenters. The minimum absolute atomic E-state index is 0.184. The van der Waals surface area contributed by atoms with Gasteiger partial charge < -0.3 is 9.47 Å². The molecule has 0 unspecified atom stereocenters. The van der Waals surface area contributed by atoms with E-state index in [9.17, 15) is 0 Å². The van der Waals surface area contributed by atoms with Gasteiger partial charge in [0.05, 0.1) is 12.6 Å². The number of rotatable bonds is 4. The molecule has 22 heavy (non-hydrogen) atoms. The van der Waals surface area contributed by atoms with Crippen LogP contribution < -0.4 is 0 Å². The molecule has 118 valence electrons. The predicted molar refractivity (Wildman–Crippen MR) is 88.7 cm³/mol. The summed E-state index contributed by atoms with van der Waals surface area (Å²) in [6, 6.07) is 8.38. The highest BCUT2D eigenvalue weighted by atomic mass is 16.5. The first-order valence-electron chi connectivity index (χ1n) is 8.07. The zero-order chi connectivity index (χ0) is 15.7. The summed E-state index contributed by atoms with van der Waals surface area (Å²) in [5.74, 6) is 2.44. The summed E-state index contributed by atoms with van der Waals surface area (Å²) in [6.45, 7) is 10.1. The van der Waals surface area contributed by atoms with E-state index in [1.807, 2.05) is 18.2 Å². The van der Waals surface area contributed by atoms with Crippen LogP contribution in [0.3, 0.4) is 0 Å². The fraction of sp³-hybridized carbons (Fsp3) is 0.556. The zero-order valence-electron chi connectivity index (χ0n) is 13.7. The number of nitrogens with zero attached hydrogens (tertiary/aromatic N) is 2. The fourth-order valence-electron chi connectivity index (χ4n) is 2.57. The van der Waals surface area contributed by atoms with Crippen LogP contribution in [0.4, 0.5) is 0 Å². The maximum atomic E-state index is 5.96. The van der Waals surface area contributed by atoms with Gasteiger partial charge in [0.15, 0.2) is 0 Å². The third-order valence-corrected chi connectivity index (χ3v) is 4.22. The Kier molecular flexibility index (Phi) is 4.19. The summed E-state index contributed by atoms with van der Waals surface area (Å²) in [5, 5.41) is 0. The molecule has 4 nitrogen and oxygen atoms in total. The van der Waals surface area contributed by atoms with Crippen molar-refractivity contribution < 1.29 is 9.47 Å². The SMILES string of the molecule is CC(C)[C@@H]1COC(c2cccc(C3=NC[C@H](C(C)C)O3)c2)=N1. The lowest BCUT2D eigenvalue weighted by molar-refractivity contribution is 0.172. The first-order chi connectivity index (χ1) is 10.5. The van der Waals surface area contributed by atoms with Crippen LogP contribution in [0.2, 0.25) is 0 Å². The molecule has 4 heteroatoms. The summed E-state index contributed by atoms with van der Waals surface area (Å²) in [6.07, 6.45) is 0.184. The van der Waals surface area contributed by atoms with Crippen molar-refractivity contribution >= 4 is 11.8 Å². The highest BCUT2D eigenvalue weighted by molar-refractivity contribution is 6.00. The molecule has 0 aliphatic carbocycles. The Morgan fingerprint density at radius 1 is 1.05 bits per heavy atom. The van der Waals surface area contributed by atoms with E-state index in [1.165, 1.54) is 0 Å². The average Bonchev–Trinajstić information content (AvgIpc) is 3.17. The maximum absolute atomic E-state index is 5.96. The molecule has 0 amide bonds. The monoisotopic (exact) mass is 300 g/mol. The Morgan fingerprint density at radius 3 is 2.36 bits per heavy atom. The lowest BCUT2D eigenvalue weighted by Gasteiger charge is -2.14. The largest absolute Gasteiger partial charge is 0.475 e. The number of hydrogen-bond acceptors (Lipinski definition) is 4. The van der Waals surface area contributed by atoms with Crippen molar-refractivity contribution in [1.82, 2.24) is 0 Å². The molecule has 0 N–H and O–H groups in total. The Hall–Kier alpha value is -1.84. The van der Waals surface area contributed by atoms with Gasteiger partial charge in [0.25, 0.3) is 0 Å². The summed E-state index contributed by atoms with van der Waals surface area (Å²) < 4.78 is 11.7. The van der Waals surface area contributed by atoms with Crippen molar-refractivity contribution in [1.29, 1.82) is 0 Å². The van der Waals surface area contributed by atoms with Crippen LogP contribution >= 0.6 is 0 Å². The van der Waals surface area contributed by atoms with Gasteiger partial charge in [-0.1, -0.05) is 33.8 Å². The molecule has 2 heterocycles. The lowest BCUT2D eigenvalue weighted by atomic mass is 10.1. The van der Waals surface area contributed by atoms with Crippen LogP contribution in [0.15, 0.2) is 34.3 Å². The molecule has 0 fully saturated rings. The molecule has 0 spiro atoms. The highest BCUT2D eigenvalue weighted by Crippen LogP contribution is 2.21. The van der Waals surface area contributed by atoms with Gasteiger partial charge in [-0.2, -0.15) is 0 Å². The van der Waals surface area contributed by atoms with Crippen LogP contribution in [-0.2, 0) is 9.47 Å². The van der Waals surface area contributed by atoms with Gasteiger partial charge >= 0.3 is 0 Å². The molecular formula is C18H24N2O2. The van der Waals surface area contributed by atoms with Crippen molar-refractivity contribution in [2.45, 2.75) is 39.8 Å². The molecule has 1 aromatic rings. The van der Waals surface area contributed by atoms with Crippen LogP contribution in [0.5, 0.6) is 0 Å². The number of benzene rings is 1. The molecule has 3 rings (SSSR count). The molecule has 0 bridgehead atoms. The van der Waals surface area contributed by atoms with Crippen LogP contribution in [0.1, 0.15) is 38.8 Å². The van der Waals surface area contributed by atoms with Crippen molar-refractivity contribution in [3.63, 3.8) is 0 Å². The van der Waals surface area contributed by atoms with E-state index < -0.39 is 0 Å². The second-order valence-electron chi connectivity index (χ2n) is 6.68. The first-order valence-corrected chi connectivity index (χ1v) is 8.07. The van der Waals surface area contributed by atoms with Gasteiger partial charge in [-0.05, 0) is 30.0 Å². The third kappa shape index (κ3) is 3.01. The minimum atomic E-state index is 0.184. The molecule has 0 radical (unpaired) electrons. The van der Waals surface area contributed by atoms with Gasteiger partial charge in [0, 0.05) is 11.1 Å². The second kappa shape index (κ2) is 6.11. The third-order valence-electron chi connectivity index (χ3n) is 4.22. The van der Waals surface area contributed by atoms with Crippen molar-refractivity contribution in [2.24, 2.45) is 21.8 Å². The van der Waals surface area contributed by atoms with E-state index in [4.69, 9.17) is 9.47 Å². The normalized spacial score (nSPS) is 24.3. The Labute approximate surface area is 132 Å². The lowest BCUT2D eigenvalue weighted by Crippen LogP contribution is -2.20. The number of ether oxygens (including phenoxy) is 2. The van der Waals surface area contributed by atoms with Crippen LogP contribution in [0, 0.1) is 11.8 Å². The molecular weight excluding hydrogens is 276 g/mol.